The monoisotopic (exact) mass is 446 g/mol. The maximum atomic E-state index is 12.7. The SMILES string of the molecule is CC(C)c1c(-c2cn(C)c(=O)c3c2CCC3)[nH]c2ccc(C3CCN(CC(N)=O)CC3)cc12. The van der Waals surface area contributed by atoms with E-state index in [9.17, 15) is 9.59 Å². The molecule has 1 amide bonds. The molecule has 1 fully saturated rings. The molecule has 1 aliphatic carbocycles. The molecule has 0 saturated carbocycles. The quantitative estimate of drug-likeness (QED) is 0.625. The number of nitrogens with zero attached hydrogens (tertiary/aromatic N) is 2. The van der Waals surface area contributed by atoms with Crippen LogP contribution in [-0.2, 0) is 24.7 Å². The smallest absolute Gasteiger partial charge is 0.253 e. The Morgan fingerprint density at radius 1 is 1.18 bits per heavy atom. The molecule has 0 radical (unpaired) electrons. The predicted molar refractivity (Wildman–Crippen MR) is 133 cm³/mol. The summed E-state index contributed by atoms with van der Waals surface area (Å²) < 4.78 is 1.75. The van der Waals surface area contributed by atoms with Gasteiger partial charge in [0.2, 0.25) is 5.91 Å². The van der Waals surface area contributed by atoms with Gasteiger partial charge >= 0.3 is 0 Å². The zero-order valence-corrected chi connectivity index (χ0v) is 19.9. The predicted octanol–water partition coefficient (Wildman–Crippen LogP) is 3.81. The van der Waals surface area contributed by atoms with E-state index in [0.29, 0.717) is 18.4 Å². The van der Waals surface area contributed by atoms with Crippen LogP contribution in [0.2, 0.25) is 0 Å². The first kappa shape index (κ1) is 22.0. The molecule has 174 valence electrons. The van der Waals surface area contributed by atoms with Crippen molar-refractivity contribution in [2.75, 3.05) is 19.6 Å². The Labute approximate surface area is 194 Å². The largest absolute Gasteiger partial charge is 0.369 e. The highest BCUT2D eigenvalue weighted by Gasteiger charge is 2.26. The third kappa shape index (κ3) is 3.90. The van der Waals surface area contributed by atoms with Gasteiger partial charge in [-0.3, -0.25) is 14.5 Å². The summed E-state index contributed by atoms with van der Waals surface area (Å²) in [7, 11) is 1.87. The highest BCUT2D eigenvalue weighted by molar-refractivity contribution is 5.92. The molecule has 3 aromatic rings. The van der Waals surface area contributed by atoms with E-state index in [1.165, 1.54) is 33.3 Å². The lowest BCUT2D eigenvalue weighted by molar-refractivity contribution is -0.119. The fourth-order valence-electron chi connectivity index (χ4n) is 5.98. The van der Waals surface area contributed by atoms with Gasteiger partial charge in [0, 0.05) is 35.3 Å². The van der Waals surface area contributed by atoms with Crippen molar-refractivity contribution in [3.05, 3.63) is 57.0 Å². The van der Waals surface area contributed by atoms with Gasteiger partial charge in [-0.05, 0) is 85.9 Å². The van der Waals surface area contributed by atoms with Crippen LogP contribution in [0, 0.1) is 0 Å². The molecule has 0 unspecified atom stereocenters. The van der Waals surface area contributed by atoms with E-state index < -0.39 is 0 Å². The number of hydrogen-bond donors (Lipinski definition) is 2. The number of aryl methyl sites for hydroxylation is 1. The second-order valence-corrected chi connectivity index (χ2v) is 10.2. The molecular formula is C27H34N4O2. The van der Waals surface area contributed by atoms with Crippen LogP contribution in [0.1, 0.15) is 67.2 Å². The number of primary amides is 1. The van der Waals surface area contributed by atoms with Gasteiger partial charge in [0.05, 0.1) is 12.2 Å². The van der Waals surface area contributed by atoms with Crippen LogP contribution >= 0.6 is 0 Å². The number of amides is 1. The highest BCUT2D eigenvalue weighted by Crippen LogP contribution is 2.40. The number of nitrogens with two attached hydrogens (primary N) is 1. The third-order valence-corrected chi connectivity index (χ3v) is 7.59. The van der Waals surface area contributed by atoms with E-state index in [1.54, 1.807) is 4.57 Å². The Kier molecular flexibility index (Phi) is 5.65. The molecule has 6 heteroatoms. The number of carbonyl (C=O) groups is 1. The maximum Gasteiger partial charge on any atom is 0.253 e. The fourth-order valence-corrected chi connectivity index (χ4v) is 5.98. The summed E-state index contributed by atoms with van der Waals surface area (Å²) >= 11 is 0. The second kappa shape index (κ2) is 8.49. The number of pyridine rings is 1. The van der Waals surface area contributed by atoms with E-state index in [0.717, 1.165) is 56.3 Å². The number of H-pyrrole nitrogens is 1. The number of aromatic nitrogens is 2. The number of benzene rings is 1. The summed E-state index contributed by atoms with van der Waals surface area (Å²) in [6, 6.07) is 6.85. The molecule has 5 rings (SSSR count). The van der Waals surface area contributed by atoms with Crippen LogP contribution in [0.5, 0.6) is 0 Å². The van der Waals surface area contributed by atoms with Crippen molar-refractivity contribution < 1.29 is 4.79 Å². The van der Waals surface area contributed by atoms with Crippen molar-refractivity contribution in [1.82, 2.24) is 14.5 Å². The lowest BCUT2D eigenvalue weighted by atomic mass is 9.87. The Morgan fingerprint density at radius 2 is 1.91 bits per heavy atom. The Hall–Kier alpha value is -2.86. The Morgan fingerprint density at radius 3 is 2.61 bits per heavy atom. The van der Waals surface area contributed by atoms with Gasteiger partial charge in [-0.1, -0.05) is 19.9 Å². The minimum absolute atomic E-state index is 0.151. The van der Waals surface area contributed by atoms with Crippen molar-refractivity contribution in [2.45, 2.75) is 57.8 Å². The number of piperidine rings is 1. The number of rotatable bonds is 5. The summed E-state index contributed by atoms with van der Waals surface area (Å²) in [5.41, 5.74) is 14.0. The molecule has 3 N–H and O–H groups in total. The summed E-state index contributed by atoms with van der Waals surface area (Å²) in [6.45, 7) is 6.68. The Balaban J connectivity index is 1.55. The molecule has 3 heterocycles. The van der Waals surface area contributed by atoms with Crippen LogP contribution in [0.4, 0.5) is 0 Å². The molecule has 2 aromatic heterocycles. The summed E-state index contributed by atoms with van der Waals surface area (Å²) in [5, 5.41) is 1.29. The first-order valence-electron chi connectivity index (χ1n) is 12.2. The van der Waals surface area contributed by atoms with Crippen LogP contribution in [0.15, 0.2) is 29.2 Å². The third-order valence-electron chi connectivity index (χ3n) is 7.59. The Bertz CT molecular complexity index is 1280. The molecule has 1 aromatic carbocycles. The fraction of sp³-hybridized carbons (Fsp3) is 0.481. The molecule has 1 aliphatic heterocycles. The minimum Gasteiger partial charge on any atom is -0.369 e. The van der Waals surface area contributed by atoms with E-state index in [4.69, 9.17) is 5.73 Å². The van der Waals surface area contributed by atoms with Gasteiger partial charge in [0.1, 0.15) is 0 Å². The lowest BCUT2D eigenvalue weighted by Gasteiger charge is -2.31. The molecule has 6 nitrogen and oxygen atoms in total. The molecule has 2 aliphatic rings. The average molecular weight is 447 g/mol. The molecule has 33 heavy (non-hydrogen) atoms. The molecule has 0 spiro atoms. The van der Waals surface area contributed by atoms with Crippen molar-refractivity contribution in [1.29, 1.82) is 0 Å². The molecule has 0 bridgehead atoms. The van der Waals surface area contributed by atoms with Gasteiger partial charge in [0.15, 0.2) is 0 Å². The second-order valence-electron chi connectivity index (χ2n) is 10.2. The van der Waals surface area contributed by atoms with Crippen molar-refractivity contribution in [3.8, 4) is 11.3 Å². The number of likely N-dealkylation sites (tertiary alicyclic amines) is 1. The standard InChI is InChI=1S/C27H34N4O2/c1-16(2)25-21-13-18(17-9-11-31(12-10-17)15-24(28)32)7-8-23(21)29-26(25)22-14-30(3)27(33)20-6-4-5-19(20)22/h7-8,13-14,16-17,29H,4-6,9-12,15H2,1-3H3,(H2,28,32). The van der Waals surface area contributed by atoms with Gasteiger partial charge in [-0.25, -0.2) is 0 Å². The zero-order chi connectivity index (χ0) is 23.3. The van der Waals surface area contributed by atoms with Crippen molar-refractivity contribution >= 4 is 16.8 Å². The van der Waals surface area contributed by atoms with Crippen LogP contribution < -0.4 is 11.3 Å². The van der Waals surface area contributed by atoms with E-state index in [1.807, 2.05) is 13.2 Å². The molecular weight excluding hydrogens is 412 g/mol. The van der Waals surface area contributed by atoms with Gasteiger partial charge in [-0.2, -0.15) is 0 Å². The van der Waals surface area contributed by atoms with E-state index in [2.05, 4.69) is 41.9 Å². The summed E-state index contributed by atoms with van der Waals surface area (Å²) in [5.74, 6) is 0.607. The zero-order valence-electron chi connectivity index (χ0n) is 19.9. The number of aromatic amines is 1. The minimum atomic E-state index is -0.249. The normalized spacial score (nSPS) is 17.2. The van der Waals surface area contributed by atoms with Gasteiger partial charge in [-0.15, -0.1) is 0 Å². The first-order valence-corrected chi connectivity index (χ1v) is 12.2. The van der Waals surface area contributed by atoms with Crippen molar-refractivity contribution in [3.63, 3.8) is 0 Å². The van der Waals surface area contributed by atoms with E-state index in [-0.39, 0.29) is 11.5 Å². The summed E-state index contributed by atoms with van der Waals surface area (Å²) in [4.78, 5) is 29.8. The van der Waals surface area contributed by atoms with E-state index >= 15 is 0 Å². The number of carbonyl (C=O) groups excluding carboxylic acids is 1. The lowest BCUT2D eigenvalue weighted by Crippen LogP contribution is -2.39. The topological polar surface area (TPSA) is 84.1 Å². The number of hydrogen-bond acceptors (Lipinski definition) is 3. The summed E-state index contributed by atoms with van der Waals surface area (Å²) in [6.07, 6.45) is 7.02. The maximum absolute atomic E-state index is 12.7. The van der Waals surface area contributed by atoms with Gasteiger partial charge in [0.25, 0.3) is 5.56 Å². The average Bonchev–Trinajstić information content (AvgIpc) is 3.41. The molecule has 1 saturated heterocycles. The van der Waals surface area contributed by atoms with Gasteiger partial charge < -0.3 is 15.3 Å². The van der Waals surface area contributed by atoms with Crippen LogP contribution in [-0.4, -0.2) is 40.0 Å². The number of nitrogens with one attached hydrogen (secondary N) is 1. The number of fused-ring (bicyclic) bond motifs is 2. The highest BCUT2D eigenvalue weighted by atomic mass is 16.1. The molecule has 0 atom stereocenters. The van der Waals surface area contributed by atoms with Crippen molar-refractivity contribution in [2.24, 2.45) is 12.8 Å². The van der Waals surface area contributed by atoms with Crippen LogP contribution in [0.3, 0.4) is 0 Å². The first-order chi connectivity index (χ1) is 15.8. The van der Waals surface area contributed by atoms with Crippen LogP contribution in [0.25, 0.3) is 22.2 Å².